The molecular formula is C12H15FN2O3. The molecule has 0 spiro atoms. The fraction of sp³-hybridized carbons (Fsp3) is 0.333. The maximum absolute atomic E-state index is 13.4. The van der Waals surface area contributed by atoms with E-state index >= 15 is 0 Å². The van der Waals surface area contributed by atoms with Crippen molar-refractivity contribution in [2.75, 3.05) is 13.2 Å². The normalized spacial score (nSPS) is 9.94. The van der Waals surface area contributed by atoms with E-state index in [-0.39, 0.29) is 24.9 Å². The van der Waals surface area contributed by atoms with Gasteiger partial charge in [-0.25, -0.2) is 9.18 Å². The van der Waals surface area contributed by atoms with Crippen LogP contribution in [0.5, 0.6) is 0 Å². The molecule has 0 radical (unpaired) electrons. The van der Waals surface area contributed by atoms with E-state index in [2.05, 4.69) is 10.1 Å². The maximum atomic E-state index is 13.4. The Morgan fingerprint density at radius 3 is 2.39 bits per heavy atom. The van der Waals surface area contributed by atoms with Gasteiger partial charge in [0.05, 0.1) is 6.54 Å². The molecule has 1 aromatic rings. The standard InChI is InChI=1S/C12H15FN2O3/c1-7-5-9(6-8(2)10(7)13)11(16)15-3-4-18-12(14)17/h5-6H,3-4H2,1-2H3,(H2,14,17)(H,15,16). The number of benzene rings is 1. The molecule has 0 fully saturated rings. The number of hydrogen-bond acceptors (Lipinski definition) is 3. The highest BCUT2D eigenvalue weighted by molar-refractivity contribution is 5.94. The maximum Gasteiger partial charge on any atom is 0.404 e. The molecule has 18 heavy (non-hydrogen) atoms. The summed E-state index contributed by atoms with van der Waals surface area (Å²) >= 11 is 0. The SMILES string of the molecule is Cc1cc(C(=O)NCCOC(N)=O)cc(C)c1F. The second-order valence-electron chi connectivity index (χ2n) is 3.85. The number of ether oxygens (including phenoxy) is 1. The van der Waals surface area contributed by atoms with Gasteiger partial charge in [-0.1, -0.05) is 0 Å². The molecule has 0 aromatic heterocycles. The van der Waals surface area contributed by atoms with Gasteiger partial charge in [-0.2, -0.15) is 0 Å². The summed E-state index contributed by atoms with van der Waals surface area (Å²) in [7, 11) is 0. The molecule has 0 aliphatic heterocycles. The van der Waals surface area contributed by atoms with E-state index in [0.29, 0.717) is 16.7 Å². The third-order valence-corrected chi connectivity index (χ3v) is 2.33. The quantitative estimate of drug-likeness (QED) is 0.794. The Labute approximate surface area is 104 Å². The topological polar surface area (TPSA) is 81.4 Å². The summed E-state index contributed by atoms with van der Waals surface area (Å²) in [5.74, 6) is -0.669. The zero-order valence-electron chi connectivity index (χ0n) is 10.2. The molecule has 0 bridgehead atoms. The fourth-order valence-corrected chi connectivity index (χ4v) is 1.50. The Hall–Kier alpha value is -2.11. The predicted octanol–water partition coefficient (Wildman–Crippen LogP) is 1.27. The van der Waals surface area contributed by atoms with Crippen LogP contribution in [0.1, 0.15) is 21.5 Å². The van der Waals surface area contributed by atoms with Crippen LogP contribution in [-0.2, 0) is 4.74 Å². The van der Waals surface area contributed by atoms with Crippen molar-refractivity contribution in [2.45, 2.75) is 13.8 Å². The van der Waals surface area contributed by atoms with E-state index in [1.54, 1.807) is 13.8 Å². The van der Waals surface area contributed by atoms with Crippen molar-refractivity contribution in [1.82, 2.24) is 5.32 Å². The van der Waals surface area contributed by atoms with Crippen LogP contribution in [0, 0.1) is 19.7 Å². The smallest absolute Gasteiger partial charge is 0.404 e. The summed E-state index contributed by atoms with van der Waals surface area (Å²) in [4.78, 5) is 22.0. The van der Waals surface area contributed by atoms with Gasteiger partial charge in [0.1, 0.15) is 12.4 Å². The lowest BCUT2D eigenvalue weighted by atomic mass is 10.1. The van der Waals surface area contributed by atoms with Crippen molar-refractivity contribution in [1.29, 1.82) is 0 Å². The fourth-order valence-electron chi connectivity index (χ4n) is 1.50. The van der Waals surface area contributed by atoms with Crippen molar-refractivity contribution in [3.63, 3.8) is 0 Å². The third-order valence-electron chi connectivity index (χ3n) is 2.33. The molecule has 0 unspecified atom stereocenters. The van der Waals surface area contributed by atoms with E-state index < -0.39 is 6.09 Å². The lowest BCUT2D eigenvalue weighted by molar-refractivity contribution is 0.0936. The average molecular weight is 254 g/mol. The summed E-state index contributed by atoms with van der Waals surface area (Å²) in [5.41, 5.74) is 5.95. The van der Waals surface area contributed by atoms with Crippen LogP contribution >= 0.6 is 0 Å². The van der Waals surface area contributed by atoms with Gasteiger partial charge >= 0.3 is 6.09 Å². The minimum Gasteiger partial charge on any atom is -0.448 e. The van der Waals surface area contributed by atoms with Gasteiger partial charge in [0, 0.05) is 5.56 Å². The summed E-state index contributed by atoms with van der Waals surface area (Å²) < 4.78 is 17.8. The molecule has 1 aromatic carbocycles. The van der Waals surface area contributed by atoms with Crippen LogP contribution < -0.4 is 11.1 Å². The zero-order chi connectivity index (χ0) is 13.7. The number of carbonyl (C=O) groups excluding carboxylic acids is 2. The predicted molar refractivity (Wildman–Crippen MR) is 63.7 cm³/mol. The Morgan fingerprint density at radius 1 is 1.33 bits per heavy atom. The number of rotatable bonds is 4. The Kier molecular flexibility index (Phi) is 4.65. The van der Waals surface area contributed by atoms with Crippen LogP contribution in [0.3, 0.4) is 0 Å². The first-order chi connectivity index (χ1) is 8.41. The third kappa shape index (κ3) is 3.73. The Bertz CT molecular complexity index is 451. The summed E-state index contributed by atoms with van der Waals surface area (Å²) in [6, 6.07) is 2.93. The van der Waals surface area contributed by atoms with Crippen LogP contribution in [0.2, 0.25) is 0 Å². The van der Waals surface area contributed by atoms with Crippen LogP contribution in [0.15, 0.2) is 12.1 Å². The number of amides is 2. The van der Waals surface area contributed by atoms with Gasteiger partial charge in [-0.05, 0) is 37.1 Å². The molecule has 0 saturated carbocycles. The first-order valence-electron chi connectivity index (χ1n) is 5.39. The first kappa shape index (κ1) is 14.0. The Balaban J connectivity index is 2.59. The molecular weight excluding hydrogens is 239 g/mol. The van der Waals surface area contributed by atoms with Crippen molar-refractivity contribution in [3.8, 4) is 0 Å². The molecule has 98 valence electrons. The lowest BCUT2D eigenvalue weighted by Gasteiger charge is -2.08. The Morgan fingerprint density at radius 2 is 1.89 bits per heavy atom. The number of halogens is 1. The highest BCUT2D eigenvalue weighted by Crippen LogP contribution is 2.14. The van der Waals surface area contributed by atoms with Crippen molar-refractivity contribution in [2.24, 2.45) is 5.73 Å². The van der Waals surface area contributed by atoms with Gasteiger partial charge in [-0.15, -0.1) is 0 Å². The largest absolute Gasteiger partial charge is 0.448 e. The summed E-state index contributed by atoms with van der Waals surface area (Å²) in [6.07, 6.45) is -0.891. The molecule has 0 saturated heterocycles. The zero-order valence-corrected chi connectivity index (χ0v) is 10.2. The average Bonchev–Trinajstić information content (AvgIpc) is 2.30. The van der Waals surface area contributed by atoms with Gasteiger partial charge in [-0.3, -0.25) is 4.79 Å². The second-order valence-corrected chi connectivity index (χ2v) is 3.85. The second kappa shape index (κ2) is 6.00. The van der Waals surface area contributed by atoms with Crippen molar-refractivity contribution >= 4 is 12.0 Å². The molecule has 6 heteroatoms. The van der Waals surface area contributed by atoms with Crippen LogP contribution in [0.4, 0.5) is 9.18 Å². The number of hydrogen-bond donors (Lipinski definition) is 2. The lowest BCUT2D eigenvalue weighted by Crippen LogP contribution is -2.29. The molecule has 0 atom stereocenters. The molecule has 0 aliphatic carbocycles. The summed E-state index contributed by atoms with van der Waals surface area (Å²) in [6.45, 7) is 3.34. The number of carbonyl (C=O) groups is 2. The molecule has 3 N–H and O–H groups in total. The minimum absolute atomic E-state index is 0.000230. The van der Waals surface area contributed by atoms with E-state index in [1.807, 2.05) is 0 Å². The van der Waals surface area contributed by atoms with Crippen molar-refractivity contribution < 1.29 is 18.7 Å². The van der Waals surface area contributed by atoms with Gasteiger partial charge in [0.2, 0.25) is 0 Å². The molecule has 0 aliphatic rings. The molecule has 0 heterocycles. The highest BCUT2D eigenvalue weighted by Gasteiger charge is 2.10. The van der Waals surface area contributed by atoms with E-state index in [9.17, 15) is 14.0 Å². The van der Waals surface area contributed by atoms with Crippen LogP contribution in [0.25, 0.3) is 0 Å². The minimum atomic E-state index is -0.891. The highest BCUT2D eigenvalue weighted by atomic mass is 19.1. The van der Waals surface area contributed by atoms with Gasteiger partial charge in [0.25, 0.3) is 5.91 Å². The van der Waals surface area contributed by atoms with E-state index in [0.717, 1.165) is 0 Å². The number of primary amides is 1. The summed E-state index contributed by atoms with van der Waals surface area (Å²) in [5, 5.41) is 2.53. The number of aryl methyl sites for hydroxylation is 2. The van der Waals surface area contributed by atoms with E-state index in [4.69, 9.17) is 5.73 Å². The van der Waals surface area contributed by atoms with Crippen LogP contribution in [-0.4, -0.2) is 25.2 Å². The molecule has 5 nitrogen and oxygen atoms in total. The first-order valence-corrected chi connectivity index (χ1v) is 5.39. The van der Waals surface area contributed by atoms with Gasteiger partial charge < -0.3 is 15.8 Å². The number of nitrogens with two attached hydrogens (primary N) is 1. The van der Waals surface area contributed by atoms with Crippen molar-refractivity contribution in [3.05, 3.63) is 34.6 Å². The number of nitrogens with one attached hydrogen (secondary N) is 1. The molecule has 1 rings (SSSR count). The molecule has 2 amide bonds. The monoisotopic (exact) mass is 254 g/mol. The van der Waals surface area contributed by atoms with Gasteiger partial charge in [0.15, 0.2) is 0 Å². The van der Waals surface area contributed by atoms with E-state index in [1.165, 1.54) is 12.1 Å².